The van der Waals surface area contributed by atoms with E-state index >= 15 is 0 Å². The fourth-order valence-corrected chi connectivity index (χ4v) is 2.98. The summed E-state index contributed by atoms with van der Waals surface area (Å²) in [5.41, 5.74) is 1.89. The van der Waals surface area contributed by atoms with Gasteiger partial charge in [-0.1, -0.05) is 28.1 Å². The Morgan fingerprint density at radius 1 is 1.29 bits per heavy atom. The maximum Gasteiger partial charge on any atom is 0.257 e. The van der Waals surface area contributed by atoms with E-state index in [0.29, 0.717) is 17.6 Å². The number of nitrogens with zero attached hydrogens (tertiary/aromatic N) is 1. The zero-order valence-electron chi connectivity index (χ0n) is 11.4. The fourth-order valence-electron chi connectivity index (χ4n) is 2.51. The first-order valence-electron chi connectivity index (χ1n) is 6.48. The maximum absolute atomic E-state index is 13.9. The lowest BCUT2D eigenvalue weighted by molar-refractivity contribution is 0.0763. The van der Waals surface area contributed by atoms with Crippen LogP contribution in [0.2, 0.25) is 0 Å². The molecule has 3 rings (SSSR count). The Kier molecular flexibility index (Phi) is 3.68. The van der Waals surface area contributed by atoms with Gasteiger partial charge in [0.25, 0.3) is 5.91 Å². The van der Waals surface area contributed by atoms with Crippen molar-refractivity contribution in [3.8, 4) is 5.75 Å². The lowest BCUT2D eigenvalue weighted by Crippen LogP contribution is -2.23. The monoisotopic (exact) mass is 349 g/mol. The molecule has 5 heteroatoms. The molecule has 2 aromatic carbocycles. The molecule has 21 heavy (non-hydrogen) atoms. The van der Waals surface area contributed by atoms with Crippen LogP contribution in [0.1, 0.15) is 21.5 Å². The molecule has 1 heterocycles. The van der Waals surface area contributed by atoms with Crippen LogP contribution < -0.4 is 4.74 Å². The Bertz CT molecular complexity index is 700. The highest BCUT2D eigenvalue weighted by Crippen LogP contribution is 2.29. The van der Waals surface area contributed by atoms with E-state index < -0.39 is 5.82 Å². The molecule has 108 valence electrons. The van der Waals surface area contributed by atoms with E-state index in [0.717, 1.165) is 16.9 Å². The van der Waals surface area contributed by atoms with E-state index in [2.05, 4.69) is 15.9 Å². The third kappa shape index (κ3) is 2.65. The Labute approximate surface area is 130 Å². The van der Waals surface area contributed by atoms with Gasteiger partial charge in [0.2, 0.25) is 0 Å². The van der Waals surface area contributed by atoms with Crippen molar-refractivity contribution in [1.29, 1.82) is 0 Å². The van der Waals surface area contributed by atoms with Gasteiger partial charge in [-0.15, -0.1) is 0 Å². The zero-order valence-corrected chi connectivity index (χ0v) is 13.0. The molecule has 0 bridgehead atoms. The largest absolute Gasteiger partial charge is 0.497 e. The van der Waals surface area contributed by atoms with Crippen molar-refractivity contribution < 1.29 is 13.9 Å². The quantitative estimate of drug-likeness (QED) is 0.844. The van der Waals surface area contributed by atoms with Crippen LogP contribution in [-0.2, 0) is 13.1 Å². The molecule has 0 unspecified atom stereocenters. The standard InChI is InChI=1S/C16H13BrFNO2/c1-21-13-4-2-10(3-5-13)8-19-9-11-6-12(17)7-14(18)15(11)16(19)20/h2-7H,8-9H2,1H3. The summed E-state index contributed by atoms with van der Waals surface area (Å²) in [5.74, 6) is 0.0391. The smallest absolute Gasteiger partial charge is 0.257 e. The van der Waals surface area contributed by atoms with Crippen molar-refractivity contribution in [2.75, 3.05) is 7.11 Å². The molecule has 0 spiro atoms. The third-order valence-electron chi connectivity index (χ3n) is 3.53. The van der Waals surface area contributed by atoms with E-state index in [1.54, 1.807) is 18.1 Å². The highest BCUT2D eigenvalue weighted by atomic mass is 79.9. The normalized spacial score (nSPS) is 13.5. The SMILES string of the molecule is COc1ccc(CN2Cc3cc(Br)cc(F)c3C2=O)cc1. The number of carbonyl (C=O) groups is 1. The summed E-state index contributed by atoms with van der Waals surface area (Å²) < 4.78 is 19.7. The number of methoxy groups -OCH3 is 1. The number of halogens is 2. The average molecular weight is 350 g/mol. The molecule has 1 aliphatic rings. The van der Waals surface area contributed by atoms with E-state index in [-0.39, 0.29) is 11.5 Å². The first kappa shape index (κ1) is 14.1. The van der Waals surface area contributed by atoms with Crippen molar-refractivity contribution in [3.63, 3.8) is 0 Å². The van der Waals surface area contributed by atoms with Crippen LogP contribution in [0.4, 0.5) is 4.39 Å². The second-order valence-corrected chi connectivity index (χ2v) is 5.85. The van der Waals surface area contributed by atoms with Gasteiger partial charge < -0.3 is 9.64 Å². The van der Waals surface area contributed by atoms with Gasteiger partial charge in [0.15, 0.2) is 0 Å². The minimum atomic E-state index is -0.471. The molecule has 3 nitrogen and oxygen atoms in total. The molecule has 0 N–H and O–H groups in total. The van der Waals surface area contributed by atoms with Gasteiger partial charge in [0.05, 0.1) is 12.7 Å². The summed E-state index contributed by atoms with van der Waals surface area (Å²) in [4.78, 5) is 13.9. The predicted octanol–water partition coefficient (Wildman–Crippen LogP) is 3.75. The van der Waals surface area contributed by atoms with E-state index in [4.69, 9.17) is 4.74 Å². The molecule has 0 saturated carbocycles. The summed E-state index contributed by atoms with van der Waals surface area (Å²) in [6.07, 6.45) is 0. The summed E-state index contributed by atoms with van der Waals surface area (Å²) in [7, 11) is 1.61. The molecule has 0 saturated heterocycles. The number of rotatable bonds is 3. The summed E-state index contributed by atoms with van der Waals surface area (Å²) in [6.45, 7) is 0.880. The van der Waals surface area contributed by atoms with E-state index in [9.17, 15) is 9.18 Å². The Hall–Kier alpha value is -1.88. The van der Waals surface area contributed by atoms with Crippen molar-refractivity contribution in [1.82, 2.24) is 4.90 Å². The van der Waals surface area contributed by atoms with Gasteiger partial charge in [0, 0.05) is 17.6 Å². The van der Waals surface area contributed by atoms with Gasteiger partial charge in [-0.3, -0.25) is 4.79 Å². The highest BCUT2D eigenvalue weighted by molar-refractivity contribution is 9.10. The first-order chi connectivity index (χ1) is 10.1. The molecule has 0 aliphatic carbocycles. The Balaban J connectivity index is 1.82. The second-order valence-electron chi connectivity index (χ2n) is 4.93. The number of hydrogen-bond donors (Lipinski definition) is 0. The van der Waals surface area contributed by atoms with E-state index in [1.807, 2.05) is 24.3 Å². The zero-order chi connectivity index (χ0) is 15.0. The highest BCUT2D eigenvalue weighted by Gasteiger charge is 2.30. The minimum absolute atomic E-state index is 0.187. The van der Waals surface area contributed by atoms with Gasteiger partial charge in [-0.2, -0.15) is 0 Å². The number of benzene rings is 2. The van der Waals surface area contributed by atoms with Gasteiger partial charge in [-0.25, -0.2) is 4.39 Å². The van der Waals surface area contributed by atoms with Gasteiger partial charge in [-0.05, 0) is 35.4 Å². The van der Waals surface area contributed by atoms with Gasteiger partial charge in [0.1, 0.15) is 11.6 Å². The maximum atomic E-state index is 13.9. The van der Waals surface area contributed by atoms with Crippen molar-refractivity contribution in [2.24, 2.45) is 0 Å². The molecule has 1 aliphatic heterocycles. The van der Waals surface area contributed by atoms with Crippen molar-refractivity contribution in [3.05, 3.63) is 63.4 Å². The molecule has 0 fully saturated rings. The number of ether oxygens (including phenoxy) is 1. The van der Waals surface area contributed by atoms with Crippen LogP contribution in [0.5, 0.6) is 5.75 Å². The molecule has 0 atom stereocenters. The van der Waals surface area contributed by atoms with Crippen molar-refractivity contribution >= 4 is 21.8 Å². The van der Waals surface area contributed by atoms with Crippen LogP contribution >= 0.6 is 15.9 Å². The summed E-state index contributed by atoms with van der Waals surface area (Å²) >= 11 is 3.25. The number of hydrogen-bond acceptors (Lipinski definition) is 2. The van der Waals surface area contributed by atoms with E-state index in [1.165, 1.54) is 6.07 Å². The van der Waals surface area contributed by atoms with Crippen LogP contribution in [-0.4, -0.2) is 17.9 Å². The first-order valence-corrected chi connectivity index (χ1v) is 7.28. The predicted molar refractivity (Wildman–Crippen MR) is 80.7 cm³/mol. The number of fused-ring (bicyclic) bond motifs is 1. The summed E-state index contributed by atoms with van der Waals surface area (Å²) in [6, 6.07) is 10.6. The fraction of sp³-hybridized carbons (Fsp3) is 0.188. The molecule has 0 radical (unpaired) electrons. The summed E-state index contributed by atoms with van der Waals surface area (Å²) in [5, 5.41) is 0. The average Bonchev–Trinajstić information content (AvgIpc) is 2.76. The third-order valence-corrected chi connectivity index (χ3v) is 3.99. The topological polar surface area (TPSA) is 29.5 Å². The number of amides is 1. The second kappa shape index (κ2) is 5.48. The molecule has 2 aromatic rings. The minimum Gasteiger partial charge on any atom is -0.497 e. The lowest BCUT2D eigenvalue weighted by atomic mass is 10.1. The molecular weight excluding hydrogens is 337 g/mol. The van der Waals surface area contributed by atoms with Crippen LogP contribution in [0.3, 0.4) is 0 Å². The lowest BCUT2D eigenvalue weighted by Gasteiger charge is -2.15. The Morgan fingerprint density at radius 3 is 2.67 bits per heavy atom. The number of carbonyl (C=O) groups excluding carboxylic acids is 1. The van der Waals surface area contributed by atoms with Crippen LogP contribution in [0, 0.1) is 5.82 Å². The van der Waals surface area contributed by atoms with Crippen LogP contribution in [0.15, 0.2) is 40.9 Å². The van der Waals surface area contributed by atoms with Crippen LogP contribution in [0.25, 0.3) is 0 Å². The Morgan fingerprint density at radius 2 is 2.00 bits per heavy atom. The van der Waals surface area contributed by atoms with Gasteiger partial charge >= 0.3 is 0 Å². The molecular formula is C16H13BrFNO2. The molecule has 0 aromatic heterocycles. The molecule has 1 amide bonds. The van der Waals surface area contributed by atoms with Crippen molar-refractivity contribution in [2.45, 2.75) is 13.1 Å².